The van der Waals surface area contributed by atoms with E-state index in [1.807, 2.05) is 6.92 Å². The van der Waals surface area contributed by atoms with Gasteiger partial charge in [0.2, 0.25) is 0 Å². The van der Waals surface area contributed by atoms with Crippen molar-refractivity contribution in [2.75, 3.05) is 0 Å². The first kappa shape index (κ1) is 19.5. The summed E-state index contributed by atoms with van der Waals surface area (Å²) in [4.78, 5) is 11.2. The standard InChI is InChI=1S/C18H36O2/c1-4-6-8-10-12-14-17(16(3)18(19)20)15-13-11-9-7-5-2/h16-17H,4-15H2,1-3H3,(H,19,20). The number of hydrogen-bond acceptors (Lipinski definition) is 1. The summed E-state index contributed by atoms with van der Waals surface area (Å²) in [6, 6.07) is 0. The third-order valence-corrected chi connectivity index (χ3v) is 4.45. The average molecular weight is 284 g/mol. The van der Waals surface area contributed by atoms with Crippen LogP contribution in [-0.2, 0) is 4.79 Å². The zero-order valence-corrected chi connectivity index (χ0v) is 14.0. The van der Waals surface area contributed by atoms with Gasteiger partial charge in [-0.05, 0) is 18.8 Å². The van der Waals surface area contributed by atoms with Gasteiger partial charge in [0.05, 0.1) is 5.92 Å². The lowest BCUT2D eigenvalue weighted by Gasteiger charge is -2.21. The maximum absolute atomic E-state index is 11.2. The Bertz CT molecular complexity index is 211. The fraction of sp³-hybridized carbons (Fsp3) is 0.944. The summed E-state index contributed by atoms with van der Waals surface area (Å²) in [6.07, 6.45) is 14.9. The summed E-state index contributed by atoms with van der Waals surface area (Å²) in [5.41, 5.74) is 0. The molecule has 0 radical (unpaired) electrons. The molecule has 0 aliphatic heterocycles. The van der Waals surface area contributed by atoms with Gasteiger partial charge in [0.15, 0.2) is 0 Å². The van der Waals surface area contributed by atoms with Crippen LogP contribution in [0.1, 0.15) is 97.8 Å². The van der Waals surface area contributed by atoms with Crippen molar-refractivity contribution in [3.63, 3.8) is 0 Å². The van der Waals surface area contributed by atoms with Crippen molar-refractivity contribution >= 4 is 5.97 Å². The second-order valence-corrected chi connectivity index (χ2v) is 6.29. The molecule has 0 aliphatic carbocycles. The second-order valence-electron chi connectivity index (χ2n) is 6.29. The van der Waals surface area contributed by atoms with Crippen LogP contribution in [0.2, 0.25) is 0 Å². The molecule has 0 saturated heterocycles. The summed E-state index contributed by atoms with van der Waals surface area (Å²) < 4.78 is 0. The van der Waals surface area contributed by atoms with Crippen molar-refractivity contribution in [3.05, 3.63) is 0 Å². The number of carboxylic acid groups (broad SMARTS) is 1. The Morgan fingerprint density at radius 2 is 1.20 bits per heavy atom. The number of carbonyl (C=O) groups is 1. The lowest BCUT2D eigenvalue weighted by molar-refractivity contribution is -0.143. The molecule has 0 aromatic carbocycles. The highest BCUT2D eigenvalue weighted by Crippen LogP contribution is 2.26. The summed E-state index contributed by atoms with van der Waals surface area (Å²) in [6.45, 7) is 6.35. The molecule has 0 spiro atoms. The average Bonchev–Trinajstić information content (AvgIpc) is 2.43. The minimum atomic E-state index is -0.614. The largest absolute Gasteiger partial charge is 0.481 e. The van der Waals surface area contributed by atoms with E-state index in [1.165, 1.54) is 64.2 Å². The molecule has 0 rings (SSSR count). The topological polar surface area (TPSA) is 37.3 Å². The van der Waals surface area contributed by atoms with Crippen LogP contribution in [0.15, 0.2) is 0 Å². The molecule has 0 aromatic heterocycles. The quantitative estimate of drug-likeness (QED) is 0.394. The van der Waals surface area contributed by atoms with E-state index in [1.54, 1.807) is 0 Å². The maximum atomic E-state index is 11.2. The third-order valence-electron chi connectivity index (χ3n) is 4.45. The highest BCUT2D eigenvalue weighted by molar-refractivity contribution is 5.69. The van der Waals surface area contributed by atoms with Gasteiger partial charge in [-0.3, -0.25) is 4.79 Å². The Hall–Kier alpha value is -0.530. The van der Waals surface area contributed by atoms with Gasteiger partial charge in [0.1, 0.15) is 0 Å². The van der Waals surface area contributed by atoms with Crippen molar-refractivity contribution in [2.45, 2.75) is 97.8 Å². The number of rotatable bonds is 14. The normalized spacial score (nSPS) is 12.8. The number of aliphatic carboxylic acids is 1. The predicted molar refractivity (Wildman–Crippen MR) is 87.0 cm³/mol. The van der Waals surface area contributed by atoms with E-state index in [-0.39, 0.29) is 5.92 Å². The van der Waals surface area contributed by atoms with Gasteiger partial charge >= 0.3 is 5.97 Å². The van der Waals surface area contributed by atoms with Crippen LogP contribution in [0.3, 0.4) is 0 Å². The molecule has 2 nitrogen and oxygen atoms in total. The minimum Gasteiger partial charge on any atom is -0.481 e. The number of unbranched alkanes of at least 4 members (excludes halogenated alkanes) is 8. The molecule has 1 N–H and O–H groups in total. The van der Waals surface area contributed by atoms with Gasteiger partial charge in [-0.2, -0.15) is 0 Å². The molecule has 0 heterocycles. The van der Waals surface area contributed by atoms with Gasteiger partial charge in [-0.25, -0.2) is 0 Å². The van der Waals surface area contributed by atoms with E-state index >= 15 is 0 Å². The lowest BCUT2D eigenvalue weighted by atomic mass is 9.84. The van der Waals surface area contributed by atoms with E-state index in [0.29, 0.717) is 5.92 Å². The Kier molecular flexibility index (Phi) is 13.1. The lowest BCUT2D eigenvalue weighted by Crippen LogP contribution is -2.20. The summed E-state index contributed by atoms with van der Waals surface area (Å²) in [5.74, 6) is -0.403. The fourth-order valence-electron chi connectivity index (χ4n) is 2.87. The van der Waals surface area contributed by atoms with Crippen LogP contribution in [0.5, 0.6) is 0 Å². The molecule has 0 aliphatic rings. The van der Waals surface area contributed by atoms with Gasteiger partial charge < -0.3 is 5.11 Å². The van der Waals surface area contributed by atoms with Gasteiger partial charge in [0, 0.05) is 0 Å². The molecule has 120 valence electrons. The molecule has 0 fully saturated rings. The van der Waals surface area contributed by atoms with Crippen LogP contribution < -0.4 is 0 Å². The molecule has 0 aromatic rings. The van der Waals surface area contributed by atoms with E-state index in [9.17, 15) is 9.90 Å². The monoisotopic (exact) mass is 284 g/mol. The van der Waals surface area contributed by atoms with Crippen molar-refractivity contribution in [2.24, 2.45) is 11.8 Å². The van der Waals surface area contributed by atoms with E-state index in [4.69, 9.17) is 0 Å². The first-order valence-corrected chi connectivity index (χ1v) is 8.86. The summed E-state index contributed by atoms with van der Waals surface area (Å²) >= 11 is 0. The molecule has 1 atom stereocenters. The van der Waals surface area contributed by atoms with Gasteiger partial charge in [-0.1, -0.05) is 85.0 Å². The number of hydrogen-bond donors (Lipinski definition) is 1. The van der Waals surface area contributed by atoms with E-state index in [0.717, 1.165) is 12.8 Å². The van der Waals surface area contributed by atoms with E-state index < -0.39 is 5.97 Å². The van der Waals surface area contributed by atoms with Crippen LogP contribution >= 0.6 is 0 Å². The number of carboxylic acids is 1. The Balaban J connectivity index is 3.92. The molecule has 1 unspecified atom stereocenters. The fourth-order valence-corrected chi connectivity index (χ4v) is 2.87. The van der Waals surface area contributed by atoms with Crippen LogP contribution in [-0.4, -0.2) is 11.1 Å². The summed E-state index contributed by atoms with van der Waals surface area (Å²) in [7, 11) is 0. The van der Waals surface area contributed by atoms with Crippen LogP contribution in [0.4, 0.5) is 0 Å². The van der Waals surface area contributed by atoms with Gasteiger partial charge in [-0.15, -0.1) is 0 Å². The van der Waals surface area contributed by atoms with Crippen molar-refractivity contribution < 1.29 is 9.90 Å². The SMILES string of the molecule is CCCCCCCC(CCCCCCC)C(C)C(=O)O. The Morgan fingerprint density at radius 3 is 1.55 bits per heavy atom. The van der Waals surface area contributed by atoms with Crippen molar-refractivity contribution in [1.82, 2.24) is 0 Å². The first-order chi connectivity index (χ1) is 9.63. The summed E-state index contributed by atoms with van der Waals surface area (Å²) in [5, 5.41) is 9.23. The van der Waals surface area contributed by atoms with Crippen molar-refractivity contribution in [1.29, 1.82) is 0 Å². The first-order valence-electron chi connectivity index (χ1n) is 8.86. The molecular weight excluding hydrogens is 248 g/mol. The molecule has 0 saturated carbocycles. The molecular formula is C18H36O2. The molecule has 20 heavy (non-hydrogen) atoms. The zero-order chi connectivity index (χ0) is 15.2. The third kappa shape index (κ3) is 10.3. The Labute approximate surface area is 126 Å². The Morgan fingerprint density at radius 1 is 0.800 bits per heavy atom. The predicted octanol–water partition coefficient (Wildman–Crippen LogP) is 6.04. The zero-order valence-electron chi connectivity index (χ0n) is 14.0. The molecule has 2 heteroatoms. The molecule has 0 bridgehead atoms. The highest BCUT2D eigenvalue weighted by atomic mass is 16.4. The molecule has 0 amide bonds. The van der Waals surface area contributed by atoms with Crippen LogP contribution in [0, 0.1) is 11.8 Å². The van der Waals surface area contributed by atoms with Crippen LogP contribution in [0.25, 0.3) is 0 Å². The minimum absolute atomic E-state index is 0.174. The highest BCUT2D eigenvalue weighted by Gasteiger charge is 2.22. The maximum Gasteiger partial charge on any atom is 0.306 e. The smallest absolute Gasteiger partial charge is 0.306 e. The second kappa shape index (κ2) is 13.5. The van der Waals surface area contributed by atoms with E-state index in [2.05, 4.69) is 13.8 Å². The van der Waals surface area contributed by atoms with Crippen molar-refractivity contribution in [3.8, 4) is 0 Å². The van der Waals surface area contributed by atoms with Gasteiger partial charge in [0.25, 0.3) is 0 Å².